The van der Waals surface area contributed by atoms with Gasteiger partial charge in [0, 0.05) is 4.47 Å². The fourth-order valence-electron chi connectivity index (χ4n) is 1.24. The molecule has 0 saturated heterocycles. The minimum absolute atomic E-state index is 0. The standard InChI is InChI=1S/C10H10BrN2.BrH/c1-12-5-6-13(8-12)10-4-2-3-9(11)7-10;/h2-8H,1H3;1H/q+1;. The first kappa shape index (κ1) is 11.5. The third-order valence-corrected chi connectivity index (χ3v) is 2.37. The third kappa shape index (κ3) is 2.45. The molecule has 0 aliphatic carbocycles. The number of aryl methyl sites for hydroxylation is 1. The number of halogens is 2. The van der Waals surface area contributed by atoms with Crippen LogP contribution in [0.2, 0.25) is 0 Å². The lowest BCUT2D eigenvalue weighted by Crippen LogP contribution is -2.23. The molecule has 0 radical (unpaired) electrons. The van der Waals surface area contributed by atoms with Crippen molar-refractivity contribution in [3.05, 3.63) is 47.5 Å². The van der Waals surface area contributed by atoms with E-state index in [4.69, 9.17) is 0 Å². The van der Waals surface area contributed by atoms with Crippen molar-refractivity contribution in [2.24, 2.45) is 7.05 Å². The molecule has 0 fully saturated rings. The number of hydrogen-bond donors (Lipinski definition) is 0. The smallest absolute Gasteiger partial charge is 0.239 e. The zero-order valence-electron chi connectivity index (χ0n) is 7.72. The molecule has 2 nitrogen and oxygen atoms in total. The SMILES string of the molecule is Br.C[n+]1ccn(-c2cccc(Br)c2)c1. The maximum atomic E-state index is 3.45. The molecular formula is C10H11Br2N2+. The van der Waals surface area contributed by atoms with E-state index in [-0.39, 0.29) is 17.0 Å². The zero-order chi connectivity index (χ0) is 9.26. The molecule has 14 heavy (non-hydrogen) atoms. The Kier molecular flexibility index (Phi) is 3.89. The van der Waals surface area contributed by atoms with Crippen LogP contribution >= 0.6 is 32.9 Å². The summed E-state index contributed by atoms with van der Waals surface area (Å²) in [6.45, 7) is 0. The molecule has 0 aliphatic heterocycles. The number of rotatable bonds is 1. The predicted molar refractivity (Wildman–Crippen MR) is 65.0 cm³/mol. The van der Waals surface area contributed by atoms with Crippen molar-refractivity contribution < 1.29 is 4.57 Å². The summed E-state index contributed by atoms with van der Waals surface area (Å²) in [5, 5.41) is 0. The minimum atomic E-state index is 0. The van der Waals surface area contributed by atoms with Crippen molar-refractivity contribution in [3.63, 3.8) is 0 Å². The van der Waals surface area contributed by atoms with Gasteiger partial charge < -0.3 is 0 Å². The fourth-order valence-corrected chi connectivity index (χ4v) is 1.63. The normalized spacial score (nSPS) is 9.57. The van der Waals surface area contributed by atoms with Gasteiger partial charge in [-0.25, -0.2) is 9.13 Å². The molecule has 1 aromatic carbocycles. The molecule has 2 aromatic rings. The van der Waals surface area contributed by atoms with Crippen LogP contribution in [0.3, 0.4) is 0 Å². The molecule has 2 rings (SSSR count). The second-order valence-corrected chi connectivity index (χ2v) is 3.88. The van der Waals surface area contributed by atoms with Gasteiger partial charge in [-0.15, -0.1) is 17.0 Å². The molecule has 0 N–H and O–H groups in total. The van der Waals surface area contributed by atoms with E-state index in [0.717, 1.165) is 10.2 Å². The van der Waals surface area contributed by atoms with E-state index in [9.17, 15) is 0 Å². The molecule has 0 amide bonds. The van der Waals surface area contributed by atoms with Crippen LogP contribution < -0.4 is 4.57 Å². The first-order valence-corrected chi connectivity index (χ1v) is 4.84. The highest BCUT2D eigenvalue weighted by atomic mass is 79.9. The lowest BCUT2D eigenvalue weighted by Gasteiger charge is -1.94. The highest BCUT2D eigenvalue weighted by Gasteiger charge is 2.03. The van der Waals surface area contributed by atoms with Crippen molar-refractivity contribution in [3.8, 4) is 5.69 Å². The van der Waals surface area contributed by atoms with Gasteiger partial charge in [-0.05, 0) is 18.2 Å². The largest absolute Gasteiger partial charge is 0.248 e. The van der Waals surface area contributed by atoms with E-state index >= 15 is 0 Å². The van der Waals surface area contributed by atoms with Crippen LogP contribution in [0.15, 0.2) is 47.5 Å². The molecule has 0 bridgehead atoms. The summed E-state index contributed by atoms with van der Waals surface area (Å²) in [6, 6.07) is 8.21. The highest BCUT2D eigenvalue weighted by Crippen LogP contribution is 2.14. The average Bonchev–Trinajstić information content (AvgIpc) is 2.52. The molecule has 0 unspecified atom stereocenters. The van der Waals surface area contributed by atoms with Crippen LogP contribution in [0.25, 0.3) is 5.69 Å². The third-order valence-electron chi connectivity index (χ3n) is 1.88. The topological polar surface area (TPSA) is 8.81 Å². The molecule has 4 heteroatoms. The molecule has 0 spiro atoms. The van der Waals surface area contributed by atoms with Crippen molar-refractivity contribution in [2.75, 3.05) is 0 Å². The van der Waals surface area contributed by atoms with Crippen LogP contribution in [0.5, 0.6) is 0 Å². The summed E-state index contributed by atoms with van der Waals surface area (Å²) in [4.78, 5) is 0. The summed E-state index contributed by atoms with van der Waals surface area (Å²) < 4.78 is 5.19. The van der Waals surface area contributed by atoms with Gasteiger partial charge in [0.15, 0.2) is 0 Å². The first-order valence-electron chi connectivity index (χ1n) is 4.05. The lowest BCUT2D eigenvalue weighted by molar-refractivity contribution is -0.670. The lowest BCUT2D eigenvalue weighted by atomic mass is 10.3. The van der Waals surface area contributed by atoms with Gasteiger partial charge in [0.25, 0.3) is 0 Å². The molecular weight excluding hydrogens is 308 g/mol. The minimum Gasteiger partial charge on any atom is -0.239 e. The van der Waals surface area contributed by atoms with Gasteiger partial charge in [-0.2, -0.15) is 0 Å². The van der Waals surface area contributed by atoms with Crippen molar-refractivity contribution in [1.29, 1.82) is 0 Å². The van der Waals surface area contributed by atoms with Crippen LogP contribution in [0.4, 0.5) is 0 Å². The van der Waals surface area contributed by atoms with Gasteiger partial charge >= 0.3 is 0 Å². The molecule has 1 aromatic heterocycles. The van der Waals surface area contributed by atoms with E-state index in [1.165, 1.54) is 0 Å². The quantitative estimate of drug-likeness (QED) is 0.715. The molecule has 0 aliphatic rings. The van der Waals surface area contributed by atoms with Gasteiger partial charge in [0.2, 0.25) is 6.33 Å². The van der Waals surface area contributed by atoms with Crippen LogP contribution in [-0.2, 0) is 7.05 Å². The van der Waals surface area contributed by atoms with Crippen molar-refractivity contribution in [2.45, 2.75) is 0 Å². The fraction of sp³-hybridized carbons (Fsp3) is 0.100. The number of aromatic nitrogens is 2. The Bertz CT molecular complexity index is 424. The Labute approximate surface area is 102 Å². The number of imidazole rings is 1. The molecule has 1 heterocycles. The summed E-state index contributed by atoms with van der Waals surface area (Å²) in [7, 11) is 2.01. The van der Waals surface area contributed by atoms with Gasteiger partial charge in [-0.1, -0.05) is 22.0 Å². The Morgan fingerprint density at radius 1 is 1.36 bits per heavy atom. The number of nitrogens with zero attached hydrogens (tertiary/aromatic N) is 2. The van der Waals surface area contributed by atoms with Gasteiger partial charge in [0.1, 0.15) is 18.1 Å². The summed E-state index contributed by atoms with van der Waals surface area (Å²) in [5.74, 6) is 0. The average molecular weight is 319 g/mol. The Morgan fingerprint density at radius 3 is 2.71 bits per heavy atom. The summed E-state index contributed by atoms with van der Waals surface area (Å²) >= 11 is 3.45. The molecule has 0 saturated carbocycles. The van der Waals surface area contributed by atoms with Crippen LogP contribution in [0.1, 0.15) is 0 Å². The van der Waals surface area contributed by atoms with E-state index < -0.39 is 0 Å². The van der Waals surface area contributed by atoms with Crippen LogP contribution in [-0.4, -0.2) is 4.57 Å². The number of hydrogen-bond acceptors (Lipinski definition) is 0. The van der Waals surface area contributed by atoms with E-state index in [2.05, 4.69) is 32.6 Å². The molecule has 74 valence electrons. The Balaban J connectivity index is 0.000000980. The Morgan fingerprint density at radius 2 is 2.14 bits per heavy atom. The second-order valence-electron chi connectivity index (χ2n) is 2.97. The second kappa shape index (κ2) is 4.75. The summed E-state index contributed by atoms with van der Waals surface area (Å²) in [6.07, 6.45) is 6.07. The van der Waals surface area contributed by atoms with Gasteiger partial charge in [-0.3, -0.25) is 0 Å². The van der Waals surface area contributed by atoms with E-state index in [0.29, 0.717) is 0 Å². The maximum absolute atomic E-state index is 3.45. The van der Waals surface area contributed by atoms with Gasteiger partial charge in [0.05, 0.1) is 7.05 Å². The summed E-state index contributed by atoms with van der Waals surface area (Å²) in [5.41, 5.74) is 1.16. The zero-order valence-corrected chi connectivity index (χ0v) is 11.0. The number of benzene rings is 1. The van der Waals surface area contributed by atoms with E-state index in [1.807, 2.05) is 42.5 Å². The maximum Gasteiger partial charge on any atom is 0.248 e. The van der Waals surface area contributed by atoms with Crippen molar-refractivity contribution >= 4 is 32.9 Å². The van der Waals surface area contributed by atoms with Crippen molar-refractivity contribution in [1.82, 2.24) is 4.57 Å². The van der Waals surface area contributed by atoms with Crippen LogP contribution in [0, 0.1) is 0 Å². The monoisotopic (exact) mass is 317 g/mol. The first-order chi connectivity index (χ1) is 6.25. The van der Waals surface area contributed by atoms with E-state index in [1.54, 1.807) is 0 Å². The predicted octanol–water partition coefficient (Wildman–Crippen LogP) is 2.64. The highest BCUT2D eigenvalue weighted by molar-refractivity contribution is 9.10. The Hall–Kier alpha value is -0.610. The molecule has 0 atom stereocenters.